The van der Waals surface area contributed by atoms with Crippen molar-refractivity contribution in [3.8, 4) is 5.82 Å². The molecular formula is C21H33N7O2. The van der Waals surface area contributed by atoms with E-state index in [0.717, 1.165) is 17.2 Å². The summed E-state index contributed by atoms with van der Waals surface area (Å²) >= 11 is 0. The monoisotopic (exact) mass is 415 g/mol. The van der Waals surface area contributed by atoms with Crippen molar-refractivity contribution in [3.63, 3.8) is 0 Å². The van der Waals surface area contributed by atoms with Crippen molar-refractivity contribution >= 4 is 12.1 Å². The number of imidazole rings is 1. The number of carbonyl (C=O) groups excluding carboxylic acids is 1. The van der Waals surface area contributed by atoms with Gasteiger partial charge >= 0.3 is 6.09 Å². The quantitative estimate of drug-likeness (QED) is 0.495. The van der Waals surface area contributed by atoms with E-state index in [0.29, 0.717) is 19.0 Å². The first-order valence-electron chi connectivity index (χ1n) is 9.90. The number of rotatable bonds is 6. The van der Waals surface area contributed by atoms with Gasteiger partial charge in [-0.05, 0) is 53.2 Å². The number of alkyl carbamates (subject to hydrolysis) is 1. The highest BCUT2D eigenvalue weighted by Crippen LogP contribution is 2.10. The Balaban J connectivity index is 1.84. The molecule has 9 nitrogen and oxygen atoms in total. The molecule has 0 atom stereocenters. The van der Waals surface area contributed by atoms with Crippen LogP contribution in [-0.2, 0) is 11.3 Å². The van der Waals surface area contributed by atoms with E-state index >= 15 is 0 Å². The summed E-state index contributed by atoms with van der Waals surface area (Å²) < 4.78 is 7.25. The average molecular weight is 416 g/mol. The van der Waals surface area contributed by atoms with Gasteiger partial charge in [0.25, 0.3) is 0 Å². The molecule has 0 bridgehead atoms. The fraction of sp³-hybridized carbons (Fsp3) is 0.524. The highest BCUT2D eigenvalue weighted by atomic mass is 16.6. The Morgan fingerprint density at radius 2 is 1.90 bits per heavy atom. The lowest BCUT2D eigenvalue weighted by atomic mass is 10.1. The maximum Gasteiger partial charge on any atom is 0.408 e. The molecule has 2 aromatic rings. The molecule has 0 aliphatic rings. The van der Waals surface area contributed by atoms with Crippen molar-refractivity contribution in [2.75, 3.05) is 13.6 Å². The molecule has 2 aromatic heterocycles. The van der Waals surface area contributed by atoms with Crippen LogP contribution in [0.4, 0.5) is 4.79 Å². The van der Waals surface area contributed by atoms with Crippen molar-refractivity contribution in [1.29, 1.82) is 0 Å². The van der Waals surface area contributed by atoms with E-state index in [1.165, 1.54) is 0 Å². The first-order valence-corrected chi connectivity index (χ1v) is 9.90. The van der Waals surface area contributed by atoms with Crippen molar-refractivity contribution in [1.82, 2.24) is 30.5 Å². The van der Waals surface area contributed by atoms with Gasteiger partial charge in [0, 0.05) is 38.7 Å². The third kappa shape index (κ3) is 7.38. The number of hydrogen-bond acceptors (Lipinski definition) is 5. The van der Waals surface area contributed by atoms with Gasteiger partial charge in [0.05, 0.1) is 5.54 Å². The predicted octanol–water partition coefficient (Wildman–Crippen LogP) is 2.54. The molecule has 164 valence electrons. The lowest BCUT2D eigenvalue weighted by Crippen LogP contribution is -2.54. The van der Waals surface area contributed by atoms with E-state index in [1.807, 2.05) is 70.6 Å². The molecule has 2 heterocycles. The molecule has 0 fully saturated rings. The van der Waals surface area contributed by atoms with E-state index in [4.69, 9.17) is 4.74 Å². The Morgan fingerprint density at radius 3 is 2.43 bits per heavy atom. The summed E-state index contributed by atoms with van der Waals surface area (Å²) in [6, 6.07) is 3.96. The third-order valence-corrected chi connectivity index (χ3v) is 4.10. The van der Waals surface area contributed by atoms with Gasteiger partial charge < -0.3 is 20.7 Å². The molecule has 0 aliphatic carbocycles. The minimum atomic E-state index is -0.536. The Labute approximate surface area is 178 Å². The molecule has 0 aromatic carbocycles. The van der Waals surface area contributed by atoms with Crippen LogP contribution >= 0.6 is 0 Å². The van der Waals surface area contributed by atoms with Gasteiger partial charge in [-0.1, -0.05) is 6.07 Å². The first kappa shape index (κ1) is 23.2. The molecule has 0 saturated heterocycles. The lowest BCUT2D eigenvalue weighted by Gasteiger charge is -2.29. The predicted molar refractivity (Wildman–Crippen MR) is 118 cm³/mol. The molecule has 1 amide bonds. The van der Waals surface area contributed by atoms with Crippen LogP contribution in [0.25, 0.3) is 5.82 Å². The van der Waals surface area contributed by atoms with Gasteiger partial charge in [-0.15, -0.1) is 0 Å². The number of ether oxygens (including phenoxy) is 1. The first-order chi connectivity index (χ1) is 14.0. The van der Waals surface area contributed by atoms with Crippen molar-refractivity contribution in [2.45, 2.75) is 59.2 Å². The summed E-state index contributed by atoms with van der Waals surface area (Å²) in [5, 5.41) is 9.34. The number of nitrogens with one attached hydrogen (secondary N) is 3. The van der Waals surface area contributed by atoms with Crippen LogP contribution in [-0.4, -0.2) is 51.3 Å². The minimum absolute atomic E-state index is 0.448. The fourth-order valence-electron chi connectivity index (χ4n) is 2.62. The molecule has 9 heteroatoms. The molecule has 0 spiro atoms. The summed E-state index contributed by atoms with van der Waals surface area (Å²) in [7, 11) is 1.70. The number of aliphatic imine (C=N–C) groups is 1. The number of carbonyl (C=O) groups is 1. The van der Waals surface area contributed by atoms with Gasteiger partial charge in [-0.2, -0.15) is 0 Å². The molecule has 0 aliphatic heterocycles. The number of aromatic nitrogens is 3. The minimum Gasteiger partial charge on any atom is -0.444 e. The molecule has 30 heavy (non-hydrogen) atoms. The zero-order valence-electron chi connectivity index (χ0n) is 18.9. The second-order valence-electron chi connectivity index (χ2n) is 8.66. The maximum absolute atomic E-state index is 12.0. The van der Waals surface area contributed by atoms with Gasteiger partial charge in [0.15, 0.2) is 5.96 Å². The van der Waals surface area contributed by atoms with E-state index in [1.54, 1.807) is 13.2 Å². The largest absolute Gasteiger partial charge is 0.444 e. The summed E-state index contributed by atoms with van der Waals surface area (Å²) in [5.41, 5.74) is -0.0393. The number of amides is 1. The third-order valence-electron chi connectivity index (χ3n) is 4.10. The van der Waals surface area contributed by atoms with Crippen LogP contribution in [0, 0.1) is 6.92 Å². The number of nitrogens with zero attached hydrogens (tertiary/aromatic N) is 4. The molecule has 0 unspecified atom stereocenters. The summed E-state index contributed by atoms with van der Waals surface area (Å²) in [5.74, 6) is 2.34. The van der Waals surface area contributed by atoms with Crippen LogP contribution in [0.1, 0.15) is 46.0 Å². The highest BCUT2D eigenvalue weighted by molar-refractivity contribution is 5.79. The van der Waals surface area contributed by atoms with Gasteiger partial charge in [0.2, 0.25) is 0 Å². The zero-order valence-corrected chi connectivity index (χ0v) is 18.9. The summed E-state index contributed by atoms with van der Waals surface area (Å²) in [6.07, 6.45) is 5.01. The van der Waals surface area contributed by atoms with Crippen LogP contribution < -0.4 is 16.0 Å². The van der Waals surface area contributed by atoms with Gasteiger partial charge in [0.1, 0.15) is 17.2 Å². The van der Waals surface area contributed by atoms with E-state index in [-0.39, 0.29) is 0 Å². The van der Waals surface area contributed by atoms with Crippen LogP contribution in [0.5, 0.6) is 0 Å². The second kappa shape index (κ2) is 9.60. The number of aryl methyl sites for hydroxylation is 1. The Kier molecular flexibility index (Phi) is 7.42. The van der Waals surface area contributed by atoms with E-state index < -0.39 is 17.2 Å². The molecular weight excluding hydrogens is 382 g/mol. The molecule has 0 radical (unpaired) electrons. The lowest BCUT2D eigenvalue weighted by molar-refractivity contribution is 0.0474. The molecule has 0 saturated carbocycles. The van der Waals surface area contributed by atoms with Crippen LogP contribution in [0.15, 0.2) is 35.7 Å². The zero-order chi connectivity index (χ0) is 22.4. The standard InChI is InChI=1S/C21H33N7O2/c1-15-23-10-11-28(15)17-9-8-16(12-24-17)13-25-18(22-7)26-14-21(5,6)27-19(29)30-20(2,3)4/h8-12H,13-14H2,1-7H3,(H,27,29)(H2,22,25,26). The molecule has 2 rings (SSSR count). The number of hydrogen-bond donors (Lipinski definition) is 3. The number of pyridine rings is 1. The normalized spacial score (nSPS) is 12.4. The number of guanidine groups is 1. The summed E-state index contributed by atoms with van der Waals surface area (Å²) in [6.45, 7) is 12.3. The SMILES string of the molecule is CN=C(NCc1ccc(-n2ccnc2C)nc1)NCC(C)(C)NC(=O)OC(C)(C)C. The van der Waals surface area contributed by atoms with Crippen LogP contribution in [0.2, 0.25) is 0 Å². The van der Waals surface area contributed by atoms with Crippen LogP contribution in [0.3, 0.4) is 0 Å². The Hall–Kier alpha value is -3.10. The fourth-order valence-corrected chi connectivity index (χ4v) is 2.62. The Morgan fingerprint density at radius 1 is 1.17 bits per heavy atom. The smallest absolute Gasteiger partial charge is 0.408 e. The maximum atomic E-state index is 12.0. The van der Waals surface area contributed by atoms with Gasteiger partial charge in [-0.25, -0.2) is 14.8 Å². The van der Waals surface area contributed by atoms with Crippen molar-refractivity contribution in [3.05, 3.63) is 42.1 Å². The van der Waals surface area contributed by atoms with E-state index in [2.05, 4.69) is 30.9 Å². The van der Waals surface area contributed by atoms with Crippen molar-refractivity contribution in [2.24, 2.45) is 4.99 Å². The van der Waals surface area contributed by atoms with E-state index in [9.17, 15) is 4.79 Å². The topological polar surface area (TPSA) is 105 Å². The highest BCUT2D eigenvalue weighted by Gasteiger charge is 2.24. The molecule has 3 N–H and O–H groups in total. The Bertz CT molecular complexity index is 864. The summed E-state index contributed by atoms with van der Waals surface area (Å²) in [4.78, 5) is 25.0. The van der Waals surface area contributed by atoms with Gasteiger partial charge in [-0.3, -0.25) is 9.56 Å². The second-order valence-corrected chi connectivity index (χ2v) is 8.66. The average Bonchev–Trinajstić information content (AvgIpc) is 3.06. The van der Waals surface area contributed by atoms with Crippen molar-refractivity contribution < 1.29 is 9.53 Å².